The van der Waals surface area contributed by atoms with E-state index in [1.807, 2.05) is 6.92 Å². The number of halogens is 1. The van der Waals surface area contributed by atoms with E-state index < -0.39 is 5.97 Å². The molecule has 0 aliphatic carbocycles. The highest BCUT2D eigenvalue weighted by Gasteiger charge is 2.15. The van der Waals surface area contributed by atoms with Crippen LogP contribution in [0.3, 0.4) is 0 Å². The van der Waals surface area contributed by atoms with Crippen LogP contribution in [-0.4, -0.2) is 23.5 Å². The number of nitrogens with one attached hydrogen (secondary N) is 1. The lowest BCUT2D eigenvalue weighted by Crippen LogP contribution is -2.30. The summed E-state index contributed by atoms with van der Waals surface area (Å²) in [5.74, 6) is -1.17. The predicted octanol–water partition coefficient (Wildman–Crippen LogP) is 2.27. The highest BCUT2D eigenvalue weighted by Crippen LogP contribution is 2.17. The van der Waals surface area contributed by atoms with Crippen molar-refractivity contribution >= 4 is 27.8 Å². The SMILES string of the molecule is CCC(CNC(=O)c1ccoc1Br)CC(=O)O. The van der Waals surface area contributed by atoms with E-state index in [1.54, 1.807) is 6.07 Å². The van der Waals surface area contributed by atoms with Crippen LogP contribution in [0.25, 0.3) is 0 Å². The van der Waals surface area contributed by atoms with Gasteiger partial charge in [-0.15, -0.1) is 0 Å². The van der Waals surface area contributed by atoms with Crippen molar-refractivity contribution in [2.24, 2.45) is 5.92 Å². The van der Waals surface area contributed by atoms with Gasteiger partial charge in [0.2, 0.25) is 0 Å². The summed E-state index contributed by atoms with van der Waals surface area (Å²) in [7, 11) is 0. The molecule has 5 nitrogen and oxygen atoms in total. The van der Waals surface area contributed by atoms with Gasteiger partial charge in [-0.3, -0.25) is 9.59 Å². The van der Waals surface area contributed by atoms with Gasteiger partial charge in [0.05, 0.1) is 11.8 Å². The molecule has 94 valence electrons. The topological polar surface area (TPSA) is 79.5 Å². The Morgan fingerprint density at radius 2 is 2.29 bits per heavy atom. The molecule has 1 aromatic rings. The average Bonchev–Trinajstić information content (AvgIpc) is 2.69. The molecule has 1 heterocycles. The predicted molar refractivity (Wildman–Crippen MR) is 64.8 cm³/mol. The summed E-state index contributed by atoms with van der Waals surface area (Å²) in [4.78, 5) is 22.2. The van der Waals surface area contributed by atoms with Crippen LogP contribution in [0.15, 0.2) is 21.4 Å². The summed E-state index contributed by atoms with van der Waals surface area (Å²) in [6.07, 6.45) is 2.18. The van der Waals surface area contributed by atoms with Gasteiger partial charge < -0.3 is 14.8 Å². The van der Waals surface area contributed by atoms with Gasteiger partial charge in [-0.2, -0.15) is 0 Å². The number of furan rings is 1. The second-order valence-corrected chi connectivity index (χ2v) is 4.41. The van der Waals surface area contributed by atoms with E-state index in [2.05, 4.69) is 21.2 Å². The minimum Gasteiger partial charge on any atom is -0.481 e. The zero-order chi connectivity index (χ0) is 12.8. The monoisotopic (exact) mass is 303 g/mol. The fraction of sp³-hybridized carbons (Fsp3) is 0.455. The molecule has 1 amide bonds. The van der Waals surface area contributed by atoms with Crippen LogP contribution in [0.5, 0.6) is 0 Å². The van der Waals surface area contributed by atoms with E-state index in [1.165, 1.54) is 6.26 Å². The number of carboxylic acids is 1. The molecule has 6 heteroatoms. The van der Waals surface area contributed by atoms with Gasteiger partial charge in [-0.25, -0.2) is 0 Å². The van der Waals surface area contributed by atoms with Crippen molar-refractivity contribution in [3.05, 3.63) is 22.6 Å². The maximum absolute atomic E-state index is 11.7. The smallest absolute Gasteiger partial charge is 0.303 e. The summed E-state index contributed by atoms with van der Waals surface area (Å²) >= 11 is 3.11. The van der Waals surface area contributed by atoms with Crippen molar-refractivity contribution in [2.75, 3.05) is 6.54 Å². The van der Waals surface area contributed by atoms with Gasteiger partial charge in [-0.05, 0) is 27.9 Å². The third kappa shape index (κ3) is 4.22. The van der Waals surface area contributed by atoms with Crippen LogP contribution < -0.4 is 5.32 Å². The van der Waals surface area contributed by atoms with Gasteiger partial charge in [0.15, 0.2) is 4.67 Å². The number of hydrogen-bond donors (Lipinski definition) is 2. The molecule has 1 atom stereocenters. The molecular formula is C11H14BrNO4. The molecule has 0 saturated heterocycles. The Morgan fingerprint density at radius 3 is 2.76 bits per heavy atom. The maximum Gasteiger partial charge on any atom is 0.303 e. The standard InChI is InChI=1S/C11H14BrNO4/c1-2-7(5-9(14)15)6-13-11(16)8-3-4-17-10(8)12/h3-4,7H,2,5-6H2,1H3,(H,13,16)(H,14,15). The quantitative estimate of drug-likeness (QED) is 0.845. The molecule has 0 saturated carbocycles. The highest BCUT2D eigenvalue weighted by atomic mass is 79.9. The second kappa shape index (κ2) is 6.44. The number of aliphatic carboxylic acids is 1. The zero-order valence-electron chi connectivity index (χ0n) is 9.40. The summed E-state index contributed by atoms with van der Waals surface area (Å²) in [6, 6.07) is 1.55. The van der Waals surface area contributed by atoms with Crippen molar-refractivity contribution in [3.63, 3.8) is 0 Å². The van der Waals surface area contributed by atoms with E-state index >= 15 is 0 Å². The van der Waals surface area contributed by atoms with E-state index in [9.17, 15) is 9.59 Å². The lowest BCUT2D eigenvalue weighted by molar-refractivity contribution is -0.138. The maximum atomic E-state index is 11.7. The first kappa shape index (κ1) is 13.8. The molecule has 0 radical (unpaired) electrons. The fourth-order valence-corrected chi connectivity index (χ4v) is 1.82. The number of carbonyl (C=O) groups is 2. The number of carbonyl (C=O) groups excluding carboxylic acids is 1. The molecule has 1 unspecified atom stereocenters. The molecular weight excluding hydrogens is 290 g/mol. The Hall–Kier alpha value is -1.30. The summed E-state index contributed by atoms with van der Waals surface area (Å²) in [5.41, 5.74) is 0.412. The first-order chi connectivity index (χ1) is 8.04. The Labute approximate surface area is 107 Å². The van der Waals surface area contributed by atoms with Crippen molar-refractivity contribution in [3.8, 4) is 0 Å². The fourth-order valence-electron chi connectivity index (χ4n) is 1.40. The number of hydrogen-bond acceptors (Lipinski definition) is 3. The lowest BCUT2D eigenvalue weighted by Gasteiger charge is -2.12. The Morgan fingerprint density at radius 1 is 1.59 bits per heavy atom. The Balaban J connectivity index is 2.47. The minimum atomic E-state index is -0.851. The Kier molecular flexibility index (Phi) is 5.21. The van der Waals surface area contributed by atoms with Crippen LogP contribution in [-0.2, 0) is 4.79 Å². The van der Waals surface area contributed by atoms with Gasteiger partial charge in [0.25, 0.3) is 5.91 Å². The average molecular weight is 304 g/mol. The Bertz CT molecular complexity index is 402. The first-order valence-corrected chi connectivity index (χ1v) is 6.06. The van der Waals surface area contributed by atoms with Crippen LogP contribution in [0.2, 0.25) is 0 Å². The van der Waals surface area contributed by atoms with Crippen molar-refractivity contribution in [2.45, 2.75) is 19.8 Å². The van der Waals surface area contributed by atoms with Crippen molar-refractivity contribution < 1.29 is 19.1 Å². The molecule has 0 spiro atoms. The number of rotatable bonds is 6. The molecule has 0 aliphatic heterocycles. The highest BCUT2D eigenvalue weighted by molar-refractivity contribution is 9.10. The molecule has 2 N–H and O–H groups in total. The van der Waals surface area contributed by atoms with E-state index in [0.29, 0.717) is 23.2 Å². The van der Waals surface area contributed by atoms with E-state index in [4.69, 9.17) is 9.52 Å². The molecule has 17 heavy (non-hydrogen) atoms. The first-order valence-electron chi connectivity index (χ1n) is 5.27. The van der Waals surface area contributed by atoms with Crippen molar-refractivity contribution in [1.29, 1.82) is 0 Å². The van der Waals surface area contributed by atoms with Crippen LogP contribution in [0, 0.1) is 5.92 Å². The molecule has 0 fully saturated rings. The molecule has 1 rings (SSSR count). The van der Waals surface area contributed by atoms with Crippen LogP contribution >= 0.6 is 15.9 Å². The largest absolute Gasteiger partial charge is 0.481 e. The normalized spacial score (nSPS) is 12.1. The third-order valence-electron chi connectivity index (χ3n) is 2.45. The third-order valence-corrected chi connectivity index (χ3v) is 3.07. The second-order valence-electron chi connectivity index (χ2n) is 3.69. The number of amides is 1. The minimum absolute atomic E-state index is 0.0536. The summed E-state index contributed by atoms with van der Waals surface area (Å²) in [5, 5.41) is 11.4. The summed E-state index contributed by atoms with van der Waals surface area (Å²) in [6.45, 7) is 2.24. The zero-order valence-corrected chi connectivity index (χ0v) is 11.0. The van der Waals surface area contributed by atoms with Gasteiger partial charge in [0, 0.05) is 13.0 Å². The molecule has 1 aromatic heterocycles. The van der Waals surface area contributed by atoms with Gasteiger partial charge in [0.1, 0.15) is 0 Å². The lowest BCUT2D eigenvalue weighted by atomic mass is 10.0. The molecule has 0 bridgehead atoms. The van der Waals surface area contributed by atoms with Gasteiger partial charge in [-0.1, -0.05) is 13.3 Å². The summed E-state index contributed by atoms with van der Waals surface area (Å²) < 4.78 is 5.32. The van der Waals surface area contributed by atoms with Crippen LogP contribution in [0.4, 0.5) is 0 Å². The molecule has 0 aromatic carbocycles. The van der Waals surface area contributed by atoms with E-state index in [0.717, 1.165) is 0 Å². The van der Waals surface area contributed by atoms with Crippen molar-refractivity contribution in [1.82, 2.24) is 5.32 Å². The van der Waals surface area contributed by atoms with Crippen LogP contribution in [0.1, 0.15) is 30.1 Å². The molecule has 0 aliphatic rings. The number of carboxylic acid groups (broad SMARTS) is 1. The van der Waals surface area contributed by atoms with Gasteiger partial charge >= 0.3 is 5.97 Å². The van der Waals surface area contributed by atoms with E-state index in [-0.39, 0.29) is 18.2 Å².